The van der Waals surface area contributed by atoms with Gasteiger partial charge in [-0.1, -0.05) is 40.9 Å². The van der Waals surface area contributed by atoms with E-state index >= 15 is 0 Å². The van der Waals surface area contributed by atoms with E-state index in [4.69, 9.17) is 16.3 Å². The van der Waals surface area contributed by atoms with Gasteiger partial charge in [0.1, 0.15) is 5.75 Å². The highest BCUT2D eigenvalue weighted by molar-refractivity contribution is 9.09. The van der Waals surface area contributed by atoms with Crippen LogP contribution in [0, 0.1) is 5.92 Å². The fourth-order valence-electron chi connectivity index (χ4n) is 1.53. The zero-order valence-corrected chi connectivity index (χ0v) is 11.4. The predicted octanol–water partition coefficient (Wildman–Crippen LogP) is 4.31. The molecule has 1 atom stereocenters. The van der Waals surface area contributed by atoms with Crippen molar-refractivity contribution < 1.29 is 4.74 Å². The molecule has 0 aliphatic heterocycles. The Kier molecular flexibility index (Phi) is 5.48. The van der Waals surface area contributed by atoms with Crippen molar-refractivity contribution >= 4 is 27.5 Å². The molecule has 1 aromatic rings. The third-order valence-electron chi connectivity index (χ3n) is 2.55. The van der Waals surface area contributed by atoms with Crippen LogP contribution in [-0.4, -0.2) is 12.4 Å². The van der Waals surface area contributed by atoms with Crippen LogP contribution >= 0.6 is 27.5 Å². The molecule has 0 amide bonds. The van der Waals surface area contributed by atoms with Crippen LogP contribution in [0.25, 0.3) is 0 Å². The molecular formula is C12H16BrClO. The van der Waals surface area contributed by atoms with E-state index in [1.54, 1.807) is 7.11 Å². The molecule has 0 N–H and O–H groups in total. The zero-order chi connectivity index (χ0) is 11.3. The molecule has 0 aromatic heterocycles. The average Bonchev–Trinajstić information content (AvgIpc) is 2.26. The molecule has 1 nitrogen and oxygen atoms in total. The average molecular weight is 292 g/mol. The Morgan fingerprint density at radius 3 is 2.73 bits per heavy atom. The van der Waals surface area contributed by atoms with Crippen LogP contribution < -0.4 is 4.74 Å². The van der Waals surface area contributed by atoms with E-state index in [0.717, 1.165) is 28.9 Å². The van der Waals surface area contributed by atoms with Crippen LogP contribution in [0.5, 0.6) is 5.75 Å². The van der Waals surface area contributed by atoms with Gasteiger partial charge >= 0.3 is 0 Å². The highest BCUT2D eigenvalue weighted by atomic mass is 79.9. The van der Waals surface area contributed by atoms with Crippen LogP contribution in [0.15, 0.2) is 18.2 Å². The lowest BCUT2D eigenvalue weighted by Crippen LogP contribution is -2.05. The molecule has 0 bridgehead atoms. The minimum atomic E-state index is 0.636. The van der Waals surface area contributed by atoms with Crippen molar-refractivity contribution in [2.75, 3.05) is 12.4 Å². The van der Waals surface area contributed by atoms with Crippen molar-refractivity contribution in [1.29, 1.82) is 0 Å². The summed E-state index contributed by atoms with van der Waals surface area (Å²) >= 11 is 9.50. The Morgan fingerprint density at radius 2 is 2.20 bits per heavy atom. The summed E-state index contributed by atoms with van der Waals surface area (Å²) in [5, 5.41) is 1.79. The van der Waals surface area contributed by atoms with Gasteiger partial charge in [0.25, 0.3) is 0 Å². The number of alkyl halides is 1. The number of ether oxygens (including phenoxy) is 1. The number of halogens is 2. The summed E-state index contributed by atoms with van der Waals surface area (Å²) in [5.41, 5.74) is 1.19. The zero-order valence-electron chi connectivity index (χ0n) is 9.09. The first kappa shape index (κ1) is 12.9. The number of benzene rings is 1. The Morgan fingerprint density at radius 1 is 1.47 bits per heavy atom. The first-order chi connectivity index (χ1) is 7.21. The van der Waals surface area contributed by atoms with Crippen molar-refractivity contribution in [1.82, 2.24) is 0 Å². The molecular weight excluding hydrogens is 275 g/mol. The van der Waals surface area contributed by atoms with Crippen LogP contribution in [-0.2, 0) is 6.42 Å². The van der Waals surface area contributed by atoms with Crippen molar-refractivity contribution in [3.63, 3.8) is 0 Å². The van der Waals surface area contributed by atoms with Crippen molar-refractivity contribution in [2.45, 2.75) is 19.8 Å². The molecule has 1 unspecified atom stereocenters. The number of rotatable bonds is 5. The van der Waals surface area contributed by atoms with Gasteiger partial charge < -0.3 is 4.74 Å². The van der Waals surface area contributed by atoms with Gasteiger partial charge in [-0.15, -0.1) is 0 Å². The van der Waals surface area contributed by atoms with Gasteiger partial charge in [0.2, 0.25) is 0 Å². The summed E-state index contributed by atoms with van der Waals surface area (Å²) in [6.07, 6.45) is 2.16. The molecule has 1 rings (SSSR count). The van der Waals surface area contributed by atoms with Crippen LogP contribution in [0.2, 0.25) is 5.02 Å². The molecule has 0 radical (unpaired) electrons. The maximum absolute atomic E-state index is 5.98. The SMILES string of the molecule is CCC(CBr)Cc1cc(Cl)ccc1OC. The topological polar surface area (TPSA) is 9.23 Å². The summed E-state index contributed by atoms with van der Waals surface area (Å²) in [6, 6.07) is 5.78. The Balaban J connectivity index is 2.86. The Labute approximate surface area is 105 Å². The molecule has 0 spiro atoms. The van der Waals surface area contributed by atoms with Gasteiger partial charge in [-0.25, -0.2) is 0 Å². The van der Waals surface area contributed by atoms with E-state index < -0.39 is 0 Å². The smallest absolute Gasteiger partial charge is 0.122 e. The van der Waals surface area contributed by atoms with Crippen LogP contribution in [0.1, 0.15) is 18.9 Å². The fourth-order valence-corrected chi connectivity index (χ4v) is 2.41. The quantitative estimate of drug-likeness (QED) is 0.735. The van der Waals surface area contributed by atoms with E-state index in [2.05, 4.69) is 22.9 Å². The van der Waals surface area contributed by atoms with Gasteiger partial charge in [0, 0.05) is 10.4 Å². The summed E-state index contributed by atoms with van der Waals surface area (Å²) in [6.45, 7) is 2.20. The third kappa shape index (κ3) is 3.69. The molecule has 0 aliphatic carbocycles. The maximum atomic E-state index is 5.98. The van der Waals surface area contributed by atoms with Crippen LogP contribution in [0.4, 0.5) is 0 Å². The van der Waals surface area contributed by atoms with Crippen molar-refractivity contribution in [3.05, 3.63) is 28.8 Å². The second-order valence-electron chi connectivity index (χ2n) is 3.59. The number of methoxy groups -OCH3 is 1. The second kappa shape index (κ2) is 6.39. The molecule has 1 aromatic carbocycles. The molecule has 3 heteroatoms. The highest BCUT2D eigenvalue weighted by Gasteiger charge is 2.10. The van der Waals surface area contributed by atoms with Crippen molar-refractivity contribution in [3.8, 4) is 5.75 Å². The molecule has 0 fully saturated rings. The molecule has 15 heavy (non-hydrogen) atoms. The molecule has 0 heterocycles. The second-order valence-corrected chi connectivity index (χ2v) is 4.67. The molecule has 84 valence electrons. The standard InChI is InChI=1S/C12H16BrClO/c1-3-9(8-13)6-10-7-11(14)4-5-12(10)15-2/h4-5,7,9H,3,6,8H2,1-2H3. The van der Waals surface area contributed by atoms with Gasteiger partial charge in [0.15, 0.2) is 0 Å². The summed E-state index contributed by atoms with van der Waals surface area (Å²) in [4.78, 5) is 0. The first-order valence-corrected chi connectivity index (χ1v) is 6.59. The first-order valence-electron chi connectivity index (χ1n) is 5.09. The maximum Gasteiger partial charge on any atom is 0.122 e. The molecule has 0 saturated carbocycles. The third-order valence-corrected chi connectivity index (χ3v) is 3.70. The predicted molar refractivity (Wildman–Crippen MR) is 69.3 cm³/mol. The normalized spacial score (nSPS) is 12.5. The molecule has 0 saturated heterocycles. The fraction of sp³-hybridized carbons (Fsp3) is 0.500. The van der Waals surface area contributed by atoms with E-state index in [-0.39, 0.29) is 0 Å². The number of hydrogen-bond acceptors (Lipinski definition) is 1. The van der Waals surface area contributed by atoms with Crippen LogP contribution in [0.3, 0.4) is 0 Å². The lowest BCUT2D eigenvalue weighted by Gasteiger charge is -2.14. The molecule has 0 aliphatic rings. The van der Waals surface area contributed by atoms with E-state index in [0.29, 0.717) is 5.92 Å². The van der Waals surface area contributed by atoms with Gasteiger partial charge in [0.05, 0.1) is 7.11 Å². The van der Waals surface area contributed by atoms with Gasteiger partial charge in [-0.05, 0) is 36.1 Å². The monoisotopic (exact) mass is 290 g/mol. The van der Waals surface area contributed by atoms with E-state index in [9.17, 15) is 0 Å². The van der Waals surface area contributed by atoms with Gasteiger partial charge in [-0.3, -0.25) is 0 Å². The van der Waals surface area contributed by atoms with E-state index in [1.165, 1.54) is 5.56 Å². The Bertz CT molecular complexity index is 310. The Hall–Kier alpha value is -0.210. The van der Waals surface area contributed by atoms with Gasteiger partial charge in [-0.2, -0.15) is 0 Å². The minimum Gasteiger partial charge on any atom is -0.496 e. The van der Waals surface area contributed by atoms with Crippen molar-refractivity contribution in [2.24, 2.45) is 5.92 Å². The summed E-state index contributed by atoms with van der Waals surface area (Å²) in [7, 11) is 1.70. The largest absolute Gasteiger partial charge is 0.496 e. The van der Waals surface area contributed by atoms with E-state index in [1.807, 2.05) is 18.2 Å². The summed E-state index contributed by atoms with van der Waals surface area (Å²) in [5.74, 6) is 1.57. The highest BCUT2D eigenvalue weighted by Crippen LogP contribution is 2.26. The minimum absolute atomic E-state index is 0.636. The summed E-state index contributed by atoms with van der Waals surface area (Å²) < 4.78 is 5.32. The lowest BCUT2D eigenvalue weighted by molar-refractivity contribution is 0.405. The lowest BCUT2D eigenvalue weighted by atomic mass is 9.98. The number of hydrogen-bond donors (Lipinski definition) is 0.